The first-order valence-corrected chi connectivity index (χ1v) is 5.88. The van der Waals surface area contributed by atoms with Gasteiger partial charge < -0.3 is 14.6 Å². The number of fused-ring (bicyclic) bond motifs is 1. The van der Waals surface area contributed by atoms with Crippen LogP contribution < -0.4 is 10.1 Å². The molecule has 0 fully saturated rings. The van der Waals surface area contributed by atoms with Crippen LogP contribution in [0.5, 0.6) is 6.01 Å². The van der Waals surface area contributed by atoms with Gasteiger partial charge in [-0.2, -0.15) is 0 Å². The zero-order valence-electron chi connectivity index (χ0n) is 10.6. The summed E-state index contributed by atoms with van der Waals surface area (Å²) in [7, 11) is 0. The lowest BCUT2D eigenvalue weighted by Crippen LogP contribution is -2.21. The Labute approximate surface area is 113 Å². The molecule has 8 heteroatoms. The number of aryl methyl sites for hydroxylation is 1. The predicted molar refractivity (Wildman–Crippen MR) is 68.4 cm³/mol. The maximum Gasteiger partial charge on any atom is 0.322 e. The molecular formula is C12H11N5O3. The van der Waals surface area contributed by atoms with Gasteiger partial charge in [-0.1, -0.05) is 16.3 Å². The van der Waals surface area contributed by atoms with Gasteiger partial charge in [-0.25, -0.2) is 0 Å². The van der Waals surface area contributed by atoms with Crippen molar-refractivity contribution in [3.63, 3.8) is 0 Å². The molecule has 102 valence electrons. The Morgan fingerprint density at radius 2 is 2.35 bits per heavy atom. The summed E-state index contributed by atoms with van der Waals surface area (Å²) in [5, 5.41) is 14.0. The topological polar surface area (TPSA) is 94.5 Å². The Balaban J connectivity index is 1.63. The van der Waals surface area contributed by atoms with Crippen LogP contribution in [0.1, 0.15) is 5.76 Å². The number of carbonyl (C=O) groups excluding carboxylic acids is 1. The van der Waals surface area contributed by atoms with Gasteiger partial charge in [-0.05, 0) is 19.1 Å². The molecular weight excluding hydrogens is 262 g/mol. The molecule has 0 radical (unpaired) electrons. The average Bonchev–Trinajstić information content (AvgIpc) is 3.03. The second-order valence-corrected chi connectivity index (χ2v) is 4.07. The molecule has 0 atom stereocenters. The largest absolute Gasteiger partial charge is 0.453 e. The van der Waals surface area contributed by atoms with E-state index >= 15 is 0 Å². The van der Waals surface area contributed by atoms with Gasteiger partial charge in [0.1, 0.15) is 5.76 Å². The number of amides is 1. The summed E-state index contributed by atoms with van der Waals surface area (Å²) in [6.07, 6.45) is 1.75. The molecule has 0 aliphatic rings. The van der Waals surface area contributed by atoms with Gasteiger partial charge in [-0.3, -0.25) is 9.20 Å². The standard InChI is InChI=1S/C12H11N5O3/c1-8-6-9(16-20-8)13-11(18)7-19-12-15-14-10-4-2-3-5-17(10)12/h2-6H,7H2,1H3,(H,13,16,18). The lowest BCUT2D eigenvalue weighted by atomic mass is 10.5. The van der Waals surface area contributed by atoms with Crippen molar-refractivity contribution < 1.29 is 14.1 Å². The van der Waals surface area contributed by atoms with Crippen LogP contribution in [0.4, 0.5) is 5.82 Å². The van der Waals surface area contributed by atoms with E-state index in [1.165, 1.54) is 0 Å². The summed E-state index contributed by atoms with van der Waals surface area (Å²) in [6.45, 7) is 1.54. The van der Waals surface area contributed by atoms with E-state index in [4.69, 9.17) is 9.26 Å². The molecule has 0 saturated carbocycles. The molecule has 0 aliphatic carbocycles. The molecule has 0 saturated heterocycles. The lowest BCUT2D eigenvalue weighted by molar-refractivity contribution is -0.118. The first kappa shape index (κ1) is 12.2. The highest BCUT2D eigenvalue weighted by molar-refractivity contribution is 5.90. The van der Waals surface area contributed by atoms with Crippen LogP contribution >= 0.6 is 0 Å². The molecule has 8 nitrogen and oxygen atoms in total. The Kier molecular flexibility index (Phi) is 3.04. The molecule has 3 heterocycles. The van der Waals surface area contributed by atoms with E-state index < -0.39 is 0 Å². The van der Waals surface area contributed by atoms with E-state index in [1.807, 2.05) is 12.1 Å². The molecule has 1 N–H and O–H groups in total. The Morgan fingerprint density at radius 1 is 1.45 bits per heavy atom. The van der Waals surface area contributed by atoms with Crippen molar-refractivity contribution in [2.45, 2.75) is 6.92 Å². The molecule has 20 heavy (non-hydrogen) atoms. The van der Waals surface area contributed by atoms with Crippen molar-refractivity contribution in [3.8, 4) is 6.01 Å². The van der Waals surface area contributed by atoms with Gasteiger partial charge in [0.25, 0.3) is 5.91 Å². The zero-order chi connectivity index (χ0) is 13.9. The SMILES string of the molecule is Cc1cc(NC(=O)COc2nnc3ccccn23)no1. The average molecular weight is 273 g/mol. The quantitative estimate of drug-likeness (QED) is 0.763. The molecule has 0 unspecified atom stereocenters. The number of aromatic nitrogens is 4. The number of nitrogens with one attached hydrogen (secondary N) is 1. The van der Waals surface area contributed by atoms with Gasteiger partial charge in [-0.15, -0.1) is 5.10 Å². The number of ether oxygens (including phenoxy) is 1. The third-order valence-electron chi connectivity index (χ3n) is 2.51. The molecule has 3 rings (SSSR count). The van der Waals surface area contributed by atoms with Crippen LogP contribution in [0.2, 0.25) is 0 Å². The van der Waals surface area contributed by atoms with Crippen molar-refractivity contribution in [2.24, 2.45) is 0 Å². The molecule has 3 aromatic rings. The van der Waals surface area contributed by atoms with Crippen LogP contribution in [0.25, 0.3) is 5.65 Å². The summed E-state index contributed by atoms with van der Waals surface area (Å²) >= 11 is 0. The van der Waals surface area contributed by atoms with Crippen LogP contribution in [-0.4, -0.2) is 32.3 Å². The van der Waals surface area contributed by atoms with Crippen molar-refractivity contribution in [3.05, 3.63) is 36.2 Å². The Morgan fingerprint density at radius 3 is 3.15 bits per heavy atom. The van der Waals surface area contributed by atoms with Crippen LogP contribution in [-0.2, 0) is 4.79 Å². The number of carbonyl (C=O) groups is 1. The second kappa shape index (κ2) is 5.00. The minimum atomic E-state index is -0.356. The van der Waals surface area contributed by atoms with Crippen LogP contribution in [0.15, 0.2) is 35.0 Å². The number of hydrogen-bond acceptors (Lipinski definition) is 6. The van der Waals surface area contributed by atoms with Gasteiger partial charge >= 0.3 is 6.01 Å². The van der Waals surface area contributed by atoms with E-state index in [1.54, 1.807) is 29.7 Å². The van der Waals surface area contributed by atoms with E-state index in [9.17, 15) is 4.79 Å². The summed E-state index contributed by atoms with van der Waals surface area (Å²) in [5.74, 6) is 0.609. The first-order valence-electron chi connectivity index (χ1n) is 5.88. The highest BCUT2D eigenvalue weighted by Crippen LogP contribution is 2.10. The smallest absolute Gasteiger partial charge is 0.322 e. The minimum absolute atomic E-state index is 0.193. The Hall–Kier alpha value is -2.90. The van der Waals surface area contributed by atoms with Gasteiger partial charge in [0.2, 0.25) is 0 Å². The van der Waals surface area contributed by atoms with Gasteiger partial charge in [0.15, 0.2) is 18.1 Å². The highest BCUT2D eigenvalue weighted by atomic mass is 16.5. The number of rotatable bonds is 4. The van der Waals surface area contributed by atoms with E-state index in [0.29, 0.717) is 17.2 Å². The summed E-state index contributed by atoms with van der Waals surface area (Å²) in [5.41, 5.74) is 0.648. The summed E-state index contributed by atoms with van der Waals surface area (Å²) in [6, 6.07) is 7.32. The molecule has 0 bridgehead atoms. The van der Waals surface area contributed by atoms with Crippen molar-refractivity contribution >= 4 is 17.4 Å². The molecule has 1 amide bonds. The zero-order valence-corrected chi connectivity index (χ0v) is 10.6. The normalized spacial score (nSPS) is 10.7. The third kappa shape index (κ3) is 2.44. The predicted octanol–water partition coefficient (Wildman–Crippen LogP) is 1.04. The maximum atomic E-state index is 11.7. The van der Waals surface area contributed by atoms with Crippen LogP contribution in [0.3, 0.4) is 0 Å². The highest BCUT2D eigenvalue weighted by Gasteiger charge is 2.10. The third-order valence-corrected chi connectivity index (χ3v) is 2.51. The van der Waals surface area contributed by atoms with E-state index in [-0.39, 0.29) is 18.5 Å². The maximum absolute atomic E-state index is 11.7. The molecule has 3 aromatic heterocycles. The van der Waals surface area contributed by atoms with Crippen LogP contribution in [0, 0.1) is 6.92 Å². The fourth-order valence-corrected chi connectivity index (χ4v) is 1.65. The Bertz CT molecular complexity index is 748. The van der Waals surface area contributed by atoms with Crippen molar-refractivity contribution in [2.75, 3.05) is 11.9 Å². The number of anilines is 1. The molecule has 0 aliphatic heterocycles. The minimum Gasteiger partial charge on any atom is -0.453 e. The van der Waals surface area contributed by atoms with E-state index in [2.05, 4.69) is 20.7 Å². The number of pyridine rings is 1. The summed E-state index contributed by atoms with van der Waals surface area (Å²) < 4.78 is 11.8. The first-order chi connectivity index (χ1) is 9.72. The molecule has 0 spiro atoms. The monoisotopic (exact) mass is 273 g/mol. The lowest BCUT2D eigenvalue weighted by Gasteiger charge is -2.03. The fraction of sp³-hybridized carbons (Fsp3) is 0.167. The van der Waals surface area contributed by atoms with Gasteiger partial charge in [0.05, 0.1) is 0 Å². The van der Waals surface area contributed by atoms with Gasteiger partial charge in [0, 0.05) is 12.3 Å². The molecule has 0 aromatic carbocycles. The number of nitrogens with zero attached hydrogens (tertiary/aromatic N) is 4. The van der Waals surface area contributed by atoms with Crippen molar-refractivity contribution in [1.29, 1.82) is 0 Å². The second-order valence-electron chi connectivity index (χ2n) is 4.07. The number of hydrogen-bond donors (Lipinski definition) is 1. The summed E-state index contributed by atoms with van der Waals surface area (Å²) in [4.78, 5) is 11.7. The fourth-order valence-electron chi connectivity index (χ4n) is 1.65. The van der Waals surface area contributed by atoms with Crippen molar-refractivity contribution in [1.82, 2.24) is 19.8 Å². The van der Waals surface area contributed by atoms with E-state index in [0.717, 1.165) is 0 Å².